The fraction of sp³-hybridized carbons (Fsp3) is 0.182. The highest BCUT2D eigenvalue weighted by Crippen LogP contribution is 2.27. The van der Waals surface area contributed by atoms with E-state index in [9.17, 15) is 8.42 Å². The van der Waals surface area contributed by atoms with Crippen LogP contribution in [0.1, 0.15) is 5.56 Å². The van der Waals surface area contributed by atoms with Crippen LogP contribution < -0.4 is 5.73 Å². The van der Waals surface area contributed by atoms with Gasteiger partial charge >= 0.3 is 0 Å². The van der Waals surface area contributed by atoms with Gasteiger partial charge in [0.2, 0.25) is 0 Å². The summed E-state index contributed by atoms with van der Waals surface area (Å²) in [5.41, 5.74) is 6.70. The molecular formula is C11H11BrN4O2S3. The third-order valence-electron chi connectivity index (χ3n) is 2.93. The summed E-state index contributed by atoms with van der Waals surface area (Å²) in [6.45, 7) is 0.279. The Bertz CT molecular complexity index is 896. The minimum absolute atomic E-state index is 0.0237. The third kappa shape index (κ3) is 2.61. The van der Waals surface area contributed by atoms with Gasteiger partial charge in [0.05, 0.1) is 3.79 Å². The van der Waals surface area contributed by atoms with Gasteiger partial charge in [-0.15, -0.1) is 22.7 Å². The second-order valence-electron chi connectivity index (χ2n) is 4.38. The Morgan fingerprint density at radius 3 is 2.90 bits per heavy atom. The molecule has 0 radical (unpaired) electrons. The van der Waals surface area contributed by atoms with E-state index in [-0.39, 0.29) is 17.4 Å². The van der Waals surface area contributed by atoms with Crippen LogP contribution in [0.25, 0.3) is 4.96 Å². The molecule has 0 amide bonds. The van der Waals surface area contributed by atoms with Gasteiger partial charge in [-0.1, -0.05) is 0 Å². The molecule has 0 bridgehead atoms. The largest absolute Gasteiger partial charge is 0.381 e. The molecule has 21 heavy (non-hydrogen) atoms. The smallest absolute Gasteiger partial charge is 0.262 e. The van der Waals surface area contributed by atoms with E-state index in [4.69, 9.17) is 5.73 Å². The lowest BCUT2D eigenvalue weighted by Crippen LogP contribution is -2.28. The van der Waals surface area contributed by atoms with Crippen molar-refractivity contribution >= 4 is 59.4 Å². The molecule has 0 aromatic carbocycles. The van der Waals surface area contributed by atoms with Gasteiger partial charge in [0, 0.05) is 25.2 Å². The zero-order valence-corrected chi connectivity index (χ0v) is 14.9. The monoisotopic (exact) mass is 406 g/mol. The molecule has 2 N–H and O–H groups in total. The molecule has 10 heteroatoms. The van der Waals surface area contributed by atoms with Crippen molar-refractivity contribution in [3.05, 3.63) is 32.4 Å². The maximum absolute atomic E-state index is 12.7. The maximum atomic E-state index is 12.7. The van der Waals surface area contributed by atoms with Gasteiger partial charge in [0.1, 0.15) is 0 Å². The predicted molar refractivity (Wildman–Crippen MR) is 88.2 cm³/mol. The van der Waals surface area contributed by atoms with Crippen molar-refractivity contribution in [2.24, 2.45) is 0 Å². The molecule has 6 nitrogen and oxygen atoms in total. The number of halogens is 1. The molecule has 3 aromatic heterocycles. The Morgan fingerprint density at radius 1 is 1.48 bits per heavy atom. The van der Waals surface area contributed by atoms with E-state index in [0.717, 1.165) is 9.35 Å². The summed E-state index contributed by atoms with van der Waals surface area (Å²) in [6.07, 6.45) is 1.66. The Labute approximate surface area is 138 Å². The molecule has 0 aliphatic rings. The number of sulfonamides is 1. The lowest BCUT2D eigenvalue weighted by Gasteiger charge is -2.16. The first-order valence-electron chi connectivity index (χ1n) is 5.80. The van der Waals surface area contributed by atoms with Gasteiger partial charge in [-0.2, -0.15) is 4.31 Å². The van der Waals surface area contributed by atoms with E-state index < -0.39 is 10.0 Å². The fourth-order valence-electron chi connectivity index (χ4n) is 1.96. The van der Waals surface area contributed by atoms with Crippen LogP contribution in [0.3, 0.4) is 0 Å². The molecular weight excluding hydrogens is 396 g/mol. The number of nitrogen functional groups attached to an aromatic ring is 1. The number of hydrogen-bond donors (Lipinski definition) is 1. The second kappa shape index (κ2) is 5.36. The summed E-state index contributed by atoms with van der Waals surface area (Å²) in [6, 6.07) is 1.90. The van der Waals surface area contributed by atoms with Crippen molar-refractivity contribution in [2.75, 3.05) is 12.8 Å². The van der Waals surface area contributed by atoms with Gasteiger partial charge < -0.3 is 5.73 Å². The summed E-state index contributed by atoms with van der Waals surface area (Å²) in [5, 5.41) is 3.71. The van der Waals surface area contributed by atoms with Crippen molar-refractivity contribution in [2.45, 2.75) is 11.6 Å². The number of aromatic nitrogens is 2. The number of rotatable bonds is 4. The van der Waals surface area contributed by atoms with Gasteiger partial charge in [-0.05, 0) is 32.9 Å². The van der Waals surface area contributed by atoms with Crippen molar-refractivity contribution in [1.29, 1.82) is 0 Å². The SMILES string of the molecule is CN(Cc1csc(Br)c1)S(=O)(=O)c1c(N)nc2sccn12. The summed E-state index contributed by atoms with van der Waals surface area (Å²) in [4.78, 5) is 4.65. The van der Waals surface area contributed by atoms with E-state index in [1.54, 1.807) is 11.6 Å². The zero-order chi connectivity index (χ0) is 15.2. The first-order chi connectivity index (χ1) is 9.89. The molecule has 0 spiro atoms. The summed E-state index contributed by atoms with van der Waals surface area (Å²) >= 11 is 6.23. The van der Waals surface area contributed by atoms with Crippen LogP contribution in [0.5, 0.6) is 0 Å². The first kappa shape index (κ1) is 15.0. The molecule has 3 aromatic rings. The predicted octanol–water partition coefficient (Wildman–Crippen LogP) is 2.62. The molecule has 0 saturated carbocycles. The lowest BCUT2D eigenvalue weighted by atomic mass is 10.3. The topological polar surface area (TPSA) is 80.7 Å². The van der Waals surface area contributed by atoms with Crippen molar-refractivity contribution < 1.29 is 8.42 Å². The number of imidazole rings is 1. The normalized spacial score (nSPS) is 12.5. The van der Waals surface area contributed by atoms with Crippen LogP contribution in [0, 0.1) is 0 Å². The van der Waals surface area contributed by atoms with Crippen LogP contribution in [0.2, 0.25) is 0 Å². The molecule has 3 rings (SSSR count). The zero-order valence-electron chi connectivity index (χ0n) is 10.9. The molecule has 0 atom stereocenters. The molecule has 112 valence electrons. The van der Waals surface area contributed by atoms with E-state index in [1.165, 1.54) is 38.4 Å². The van der Waals surface area contributed by atoms with Gasteiger partial charge in [0.25, 0.3) is 10.0 Å². The fourth-order valence-corrected chi connectivity index (χ4v) is 5.26. The van der Waals surface area contributed by atoms with Crippen LogP contribution in [0.15, 0.2) is 31.8 Å². The number of anilines is 1. The standard InChI is InChI=1S/C11H11BrN4O2S3/c1-15(5-7-4-8(12)20-6-7)21(17,18)10-9(13)14-11-16(10)2-3-19-11/h2-4,6H,5,13H2,1H3. The average molecular weight is 407 g/mol. The number of nitrogens with two attached hydrogens (primary N) is 1. The van der Waals surface area contributed by atoms with E-state index >= 15 is 0 Å². The van der Waals surface area contributed by atoms with Crippen molar-refractivity contribution in [3.8, 4) is 0 Å². The Hall–Kier alpha value is -0.940. The lowest BCUT2D eigenvalue weighted by molar-refractivity contribution is 0.464. The van der Waals surface area contributed by atoms with Gasteiger partial charge in [0.15, 0.2) is 15.8 Å². The minimum Gasteiger partial charge on any atom is -0.381 e. The Balaban J connectivity index is 1.99. The number of thiophene rings is 1. The van der Waals surface area contributed by atoms with Crippen molar-refractivity contribution in [3.63, 3.8) is 0 Å². The van der Waals surface area contributed by atoms with Crippen LogP contribution in [0.4, 0.5) is 5.82 Å². The van der Waals surface area contributed by atoms with Crippen LogP contribution >= 0.6 is 38.6 Å². The Kier molecular flexibility index (Phi) is 3.82. The minimum atomic E-state index is -3.71. The number of hydrogen-bond acceptors (Lipinski definition) is 6. The number of thiazole rings is 1. The maximum Gasteiger partial charge on any atom is 0.262 e. The molecule has 0 saturated heterocycles. The highest BCUT2D eigenvalue weighted by Gasteiger charge is 2.29. The van der Waals surface area contributed by atoms with E-state index in [0.29, 0.717) is 4.96 Å². The summed E-state index contributed by atoms with van der Waals surface area (Å²) < 4.78 is 29.2. The van der Waals surface area contributed by atoms with Crippen LogP contribution in [-0.2, 0) is 16.6 Å². The molecule has 0 unspecified atom stereocenters. The van der Waals surface area contributed by atoms with Crippen LogP contribution in [-0.4, -0.2) is 29.2 Å². The van der Waals surface area contributed by atoms with Gasteiger partial charge in [-0.3, -0.25) is 4.40 Å². The Morgan fingerprint density at radius 2 is 2.24 bits per heavy atom. The second-order valence-corrected chi connectivity index (χ2v) is 9.50. The summed E-state index contributed by atoms with van der Waals surface area (Å²) in [5.74, 6) is 0.0280. The molecule has 0 aliphatic carbocycles. The number of nitrogens with zero attached hydrogens (tertiary/aromatic N) is 3. The van der Waals surface area contributed by atoms with Gasteiger partial charge in [-0.25, -0.2) is 13.4 Å². The average Bonchev–Trinajstić information content (AvgIpc) is 3.05. The quantitative estimate of drug-likeness (QED) is 0.721. The first-order valence-corrected chi connectivity index (χ1v) is 9.79. The molecule has 3 heterocycles. The highest BCUT2D eigenvalue weighted by molar-refractivity contribution is 9.11. The van der Waals surface area contributed by atoms with E-state index in [1.807, 2.05) is 11.4 Å². The molecule has 0 fully saturated rings. The molecule has 0 aliphatic heterocycles. The highest BCUT2D eigenvalue weighted by atomic mass is 79.9. The number of fused-ring (bicyclic) bond motifs is 1. The third-order valence-corrected chi connectivity index (χ3v) is 7.08. The van der Waals surface area contributed by atoms with E-state index in [2.05, 4.69) is 20.9 Å². The van der Waals surface area contributed by atoms with Crippen molar-refractivity contribution in [1.82, 2.24) is 13.7 Å². The summed E-state index contributed by atoms with van der Waals surface area (Å²) in [7, 11) is -2.17.